The van der Waals surface area contributed by atoms with E-state index < -0.39 is 5.54 Å². The fraction of sp³-hybridized carbons (Fsp3) is 0.588. The molecule has 2 N–H and O–H groups in total. The van der Waals surface area contributed by atoms with E-state index in [1.165, 1.54) is 12.8 Å². The number of carbonyl (C=O) groups excluding carboxylic acids is 1. The fourth-order valence-electron chi connectivity index (χ4n) is 2.35. The Labute approximate surface area is 126 Å². The maximum atomic E-state index is 12.2. The molecule has 0 saturated heterocycles. The minimum atomic E-state index is -1.13. The fourth-order valence-corrected chi connectivity index (χ4v) is 2.35. The van der Waals surface area contributed by atoms with Crippen molar-refractivity contribution in [3.8, 4) is 0 Å². The topological polar surface area (TPSA) is 61.5 Å². The third kappa shape index (κ3) is 4.55. The van der Waals surface area contributed by atoms with E-state index in [-0.39, 0.29) is 5.97 Å². The second kappa shape index (κ2) is 7.57. The number of rotatable bonds is 9. The van der Waals surface area contributed by atoms with Crippen LogP contribution in [0.3, 0.4) is 0 Å². The highest BCUT2D eigenvalue weighted by Crippen LogP contribution is 2.32. The Morgan fingerprint density at radius 3 is 2.62 bits per heavy atom. The first-order valence-electron chi connectivity index (χ1n) is 7.76. The molecule has 0 bridgehead atoms. The van der Waals surface area contributed by atoms with Crippen LogP contribution in [0.4, 0.5) is 0 Å². The van der Waals surface area contributed by atoms with E-state index in [1.807, 2.05) is 30.3 Å². The van der Waals surface area contributed by atoms with E-state index in [4.69, 9.17) is 15.2 Å². The van der Waals surface area contributed by atoms with Gasteiger partial charge in [-0.05, 0) is 24.8 Å². The molecule has 0 spiro atoms. The lowest BCUT2D eigenvalue weighted by atomic mass is 9.88. The van der Waals surface area contributed by atoms with Crippen LogP contribution in [-0.2, 0) is 19.8 Å². The molecule has 1 atom stereocenters. The molecule has 1 aromatic carbocycles. The largest absolute Gasteiger partial charge is 0.464 e. The van der Waals surface area contributed by atoms with Crippen LogP contribution in [0, 0.1) is 5.92 Å². The third-order valence-corrected chi connectivity index (χ3v) is 3.94. The van der Waals surface area contributed by atoms with Gasteiger partial charge in [0.15, 0.2) is 0 Å². The van der Waals surface area contributed by atoms with Crippen LogP contribution in [0.2, 0.25) is 0 Å². The van der Waals surface area contributed by atoms with E-state index >= 15 is 0 Å². The zero-order chi connectivity index (χ0) is 15.1. The average Bonchev–Trinajstić information content (AvgIpc) is 3.32. The zero-order valence-electron chi connectivity index (χ0n) is 12.7. The lowest BCUT2D eigenvalue weighted by molar-refractivity contribution is -0.151. The van der Waals surface area contributed by atoms with E-state index in [0.717, 1.165) is 24.5 Å². The molecule has 0 aromatic heterocycles. The van der Waals surface area contributed by atoms with Crippen molar-refractivity contribution in [2.75, 3.05) is 19.8 Å². The minimum absolute atomic E-state index is 0.327. The van der Waals surface area contributed by atoms with Gasteiger partial charge in [0.1, 0.15) is 5.54 Å². The first kappa shape index (κ1) is 16.0. The van der Waals surface area contributed by atoms with E-state index in [9.17, 15) is 4.79 Å². The molecule has 116 valence electrons. The van der Waals surface area contributed by atoms with Crippen molar-refractivity contribution in [3.05, 3.63) is 35.9 Å². The number of ether oxygens (including phenoxy) is 2. The van der Waals surface area contributed by atoms with Gasteiger partial charge < -0.3 is 15.2 Å². The third-order valence-electron chi connectivity index (χ3n) is 3.94. The van der Waals surface area contributed by atoms with Crippen molar-refractivity contribution in [2.45, 2.75) is 38.1 Å². The lowest BCUT2D eigenvalue weighted by Gasteiger charge is -2.27. The highest BCUT2D eigenvalue weighted by molar-refractivity contribution is 5.82. The van der Waals surface area contributed by atoms with Crippen LogP contribution >= 0.6 is 0 Å². The quantitative estimate of drug-likeness (QED) is 0.561. The van der Waals surface area contributed by atoms with Crippen molar-refractivity contribution < 1.29 is 14.3 Å². The van der Waals surface area contributed by atoms with Crippen LogP contribution in [-0.4, -0.2) is 25.8 Å². The number of benzene rings is 1. The number of nitrogens with two attached hydrogens (primary N) is 1. The summed E-state index contributed by atoms with van der Waals surface area (Å²) in [4.78, 5) is 12.2. The molecule has 1 saturated carbocycles. The predicted octanol–water partition coefficient (Wildman–Crippen LogP) is 2.61. The summed E-state index contributed by atoms with van der Waals surface area (Å²) in [5, 5.41) is 0. The van der Waals surface area contributed by atoms with E-state index in [0.29, 0.717) is 19.6 Å². The molecule has 1 aliphatic carbocycles. The summed E-state index contributed by atoms with van der Waals surface area (Å²) >= 11 is 0. The van der Waals surface area contributed by atoms with Crippen LogP contribution in [0.5, 0.6) is 0 Å². The molecule has 1 fully saturated rings. The Morgan fingerprint density at radius 2 is 2.00 bits per heavy atom. The molecular weight excluding hydrogens is 266 g/mol. The van der Waals surface area contributed by atoms with Gasteiger partial charge in [-0.15, -0.1) is 0 Å². The Hall–Kier alpha value is -1.39. The summed E-state index contributed by atoms with van der Waals surface area (Å²) in [7, 11) is 0. The summed E-state index contributed by atoms with van der Waals surface area (Å²) in [5.74, 6) is 0.466. The molecule has 1 unspecified atom stereocenters. The highest BCUT2D eigenvalue weighted by atomic mass is 16.5. The first-order valence-corrected chi connectivity index (χ1v) is 7.76. The molecule has 0 heterocycles. The van der Waals surface area contributed by atoms with Crippen LogP contribution in [0.1, 0.15) is 38.2 Å². The van der Waals surface area contributed by atoms with Gasteiger partial charge in [0.05, 0.1) is 6.61 Å². The molecule has 2 rings (SSSR count). The molecule has 4 heteroatoms. The molecule has 0 aliphatic heterocycles. The molecule has 0 radical (unpaired) electrons. The Bertz CT molecular complexity index is 445. The van der Waals surface area contributed by atoms with Crippen LogP contribution in [0.15, 0.2) is 30.3 Å². The SMILES string of the molecule is CCOC(=O)C(N)(CCOCCC1CC1)c1ccccc1. The summed E-state index contributed by atoms with van der Waals surface area (Å²) < 4.78 is 10.8. The maximum Gasteiger partial charge on any atom is 0.330 e. The smallest absolute Gasteiger partial charge is 0.330 e. The van der Waals surface area contributed by atoms with Crippen molar-refractivity contribution >= 4 is 5.97 Å². The van der Waals surface area contributed by atoms with Crippen LogP contribution in [0.25, 0.3) is 0 Å². The van der Waals surface area contributed by atoms with Gasteiger partial charge >= 0.3 is 5.97 Å². The first-order chi connectivity index (χ1) is 10.2. The standard InChI is InChI=1S/C17H25NO3/c1-2-21-16(19)17(18,15-6-4-3-5-7-15)11-13-20-12-10-14-8-9-14/h3-7,14H,2,8-13,18H2,1H3. The maximum absolute atomic E-state index is 12.2. The molecule has 21 heavy (non-hydrogen) atoms. The zero-order valence-corrected chi connectivity index (χ0v) is 12.7. The van der Waals surface area contributed by atoms with Gasteiger partial charge in [-0.3, -0.25) is 0 Å². The summed E-state index contributed by atoms with van der Waals surface area (Å²) in [6.45, 7) is 3.33. The van der Waals surface area contributed by atoms with E-state index in [1.54, 1.807) is 6.92 Å². The Kier molecular flexibility index (Phi) is 5.76. The monoisotopic (exact) mass is 291 g/mol. The van der Waals surface area contributed by atoms with E-state index in [2.05, 4.69) is 0 Å². The van der Waals surface area contributed by atoms with Gasteiger partial charge in [-0.1, -0.05) is 43.2 Å². The lowest BCUT2D eigenvalue weighted by Crippen LogP contribution is -2.47. The Balaban J connectivity index is 1.92. The summed E-state index contributed by atoms with van der Waals surface area (Å²) in [6, 6.07) is 9.39. The molecule has 1 aliphatic rings. The van der Waals surface area contributed by atoms with Gasteiger partial charge in [0, 0.05) is 19.6 Å². The second-order valence-electron chi connectivity index (χ2n) is 5.65. The van der Waals surface area contributed by atoms with Crippen molar-refractivity contribution in [3.63, 3.8) is 0 Å². The van der Waals surface area contributed by atoms with Gasteiger partial charge in [0.25, 0.3) is 0 Å². The Morgan fingerprint density at radius 1 is 1.29 bits per heavy atom. The minimum Gasteiger partial charge on any atom is -0.464 e. The highest BCUT2D eigenvalue weighted by Gasteiger charge is 2.37. The average molecular weight is 291 g/mol. The molecule has 4 nitrogen and oxygen atoms in total. The molecular formula is C17H25NO3. The van der Waals surface area contributed by atoms with Gasteiger partial charge in [-0.2, -0.15) is 0 Å². The second-order valence-corrected chi connectivity index (χ2v) is 5.65. The van der Waals surface area contributed by atoms with Gasteiger partial charge in [0.2, 0.25) is 0 Å². The van der Waals surface area contributed by atoms with Crippen molar-refractivity contribution in [1.29, 1.82) is 0 Å². The number of carbonyl (C=O) groups is 1. The molecule has 0 amide bonds. The predicted molar refractivity (Wildman–Crippen MR) is 81.7 cm³/mol. The van der Waals surface area contributed by atoms with Crippen LogP contribution < -0.4 is 5.73 Å². The van der Waals surface area contributed by atoms with Crippen molar-refractivity contribution in [2.24, 2.45) is 11.7 Å². The number of esters is 1. The molecule has 1 aromatic rings. The van der Waals surface area contributed by atoms with Crippen molar-refractivity contribution in [1.82, 2.24) is 0 Å². The normalized spacial score (nSPS) is 17.2. The summed E-state index contributed by atoms with van der Waals surface area (Å²) in [5.41, 5.74) is 5.99. The van der Waals surface area contributed by atoms with Gasteiger partial charge in [-0.25, -0.2) is 4.79 Å². The number of hydrogen-bond acceptors (Lipinski definition) is 4. The summed E-state index contributed by atoms with van der Waals surface area (Å²) in [6.07, 6.45) is 4.21. The number of hydrogen-bond donors (Lipinski definition) is 1.